The van der Waals surface area contributed by atoms with Gasteiger partial charge < -0.3 is 4.42 Å². The van der Waals surface area contributed by atoms with Gasteiger partial charge in [-0.2, -0.15) is 0 Å². The Kier molecular flexibility index (Phi) is 2.76. The predicted molar refractivity (Wildman–Crippen MR) is 71.5 cm³/mol. The van der Waals surface area contributed by atoms with Crippen LogP contribution in [0.5, 0.6) is 0 Å². The van der Waals surface area contributed by atoms with Gasteiger partial charge in [-0.1, -0.05) is 15.9 Å². The highest BCUT2D eigenvalue weighted by molar-refractivity contribution is 9.10. The molecule has 3 rings (SSSR count). The summed E-state index contributed by atoms with van der Waals surface area (Å²) < 4.78 is 7.47. The van der Waals surface area contributed by atoms with Crippen LogP contribution in [0, 0.1) is 0 Å². The van der Waals surface area contributed by atoms with Crippen LogP contribution < -0.4 is 5.56 Å². The Morgan fingerprint density at radius 3 is 3.00 bits per heavy atom. The van der Waals surface area contributed by atoms with Crippen LogP contribution in [0.25, 0.3) is 10.9 Å². The third kappa shape index (κ3) is 1.97. The summed E-state index contributed by atoms with van der Waals surface area (Å²) in [7, 11) is 0. The molecule has 2 heterocycles. The highest BCUT2D eigenvalue weighted by atomic mass is 79.9. The van der Waals surface area contributed by atoms with E-state index in [2.05, 4.69) is 20.9 Å². The zero-order valence-corrected chi connectivity index (χ0v) is 10.9. The van der Waals surface area contributed by atoms with Gasteiger partial charge >= 0.3 is 0 Å². The third-order valence-corrected chi connectivity index (χ3v) is 3.21. The lowest BCUT2D eigenvalue weighted by molar-refractivity contribution is 0.561. The van der Waals surface area contributed by atoms with Gasteiger partial charge in [0.25, 0.3) is 5.56 Å². The van der Waals surface area contributed by atoms with E-state index in [1.54, 1.807) is 29.5 Å². The van der Waals surface area contributed by atoms with Crippen molar-refractivity contribution < 1.29 is 4.42 Å². The molecule has 0 amide bonds. The maximum atomic E-state index is 12.2. The Morgan fingerprint density at radius 2 is 2.22 bits per heavy atom. The second-order valence-corrected chi connectivity index (χ2v) is 4.89. The average Bonchev–Trinajstić information content (AvgIpc) is 2.85. The molecular formula is C13H9BrN2O2. The summed E-state index contributed by atoms with van der Waals surface area (Å²) in [5, 5.41) is 0.615. The smallest absolute Gasteiger partial charge is 0.261 e. The molecular weight excluding hydrogens is 296 g/mol. The van der Waals surface area contributed by atoms with Gasteiger partial charge in [0, 0.05) is 10.0 Å². The fourth-order valence-electron chi connectivity index (χ4n) is 1.82. The van der Waals surface area contributed by atoms with E-state index in [9.17, 15) is 4.79 Å². The van der Waals surface area contributed by atoms with Crippen molar-refractivity contribution in [2.75, 3.05) is 0 Å². The molecule has 0 aliphatic heterocycles. The average molecular weight is 305 g/mol. The van der Waals surface area contributed by atoms with E-state index >= 15 is 0 Å². The second-order valence-electron chi connectivity index (χ2n) is 3.97. The molecule has 1 aromatic carbocycles. The van der Waals surface area contributed by atoms with Crippen LogP contribution in [0.1, 0.15) is 5.56 Å². The van der Waals surface area contributed by atoms with Crippen LogP contribution in [0.15, 0.2) is 56.8 Å². The molecule has 0 unspecified atom stereocenters. The second kappa shape index (κ2) is 4.42. The number of hydrogen-bond acceptors (Lipinski definition) is 3. The molecule has 90 valence electrons. The molecule has 0 fully saturated rings. The number of furan rings is 1. The van der Waals surface area contributed by atoms with Gasteiger partial charge in [-0.15, -0.1) is 0 Å². The molecule has 3 aromatic rings. The Hall–Kier alpha value is -1.88. The molecule has 0 N–H and O–H groups in total. The summed E-state index contributed by atoms with van der Waals surface area (Å²) in [5.74, 6) is 0. The van der Waals surface area contributed by atoms with Crippen molar-refractivity contribution >= 4 is 26.8 Å². The number of benzene rings is 1. The first kappa shape index (κ1) is 11.2. The number of nitrogens with zero attached hydrogens (tertiary/aromatic N) is 2. The Bertz CT molecular complexity index is 747. The molecule has 0 atom stereocenters. The maximum absolute atomic E-state index is 12.2. The minimum atomic E-state index is -0.0475. The van der Waals surface area contributed by atoms with Gasteiger partial charge in [0.1, 0.15) is 0 Å². The monoisotopic (exact) mass is 304 g/mol. The lowest BCUT2D eigenvalue weighted by Crippen LogP contribution is -2.20. The lowest BCUT2D eigenvalue weighted by Gasteiger charge is -2.05. The first-order valence-electron chi connectivity index (χ1n) is 5.40. The zero-order valence-electron chi connectivity index (χ0n) is 9.34. The third-order valence-electron chi connectivity index (χ3n) is 2.72. The normalized spacial score (nSPS) is 10.9. The highest BCUT2D eigenvalue weighted by Crippen LogP contribution is 2.15. The molecule has 5 heteroatoms. The lowest BCUT2D eigenvalue weighted by atomic mass is 10.2. The van der Waals surface area contributed by atoms with Crippen molar-refractivity contribution in [3.05, 3.63) is 63.5 Å². The molecule has 0 aliphatic carbocycles. The summed E-state index contributed by atoms with van der Waals surface area (Å²) in [6, 6.07) is 7.28. The molecule has 0 bridgehead atoms. The topological polar surface area (TPSA) is 48.0 Å². The minimum Gasteiger partial charge on any atom is -0.472 e. The van der Waals surface area contributed by atoms with Crippen LogP contribution in [-0.4, -0.2) is 9.55 Å². The maximum Gasteiger partial charge on any atom is 0.261 e. The van der Waals surface area contributed by atoms with Crippen molar-refractivity contribution in [2.45, 2.75) is 6.54 Å². The molecule has 18 heavy (non-hydrogen) atoms. The zero-order chi connectivity index (χ0) is 12.5. The van der Waals surface area contributed by atoms with E-state index in [1.165, 1.54) is 0 Å². The van der Waals surface area contributed by atoms with Crippen molar-refractivity contribution in [2.24, 2.45) is 0 Å². The van der Waals surface area contributed by atoms with E-state index in [0.717, 1.165) is 10.0 Å². The molecule has 2 aromatic heterocycles. The quantitative estimate of drug-likeness (QED) is 0.731. The molecule has 0 radical (unpaired) electrons. The molecule has 0 saturated heterocycles. The van der Waals surface area contributed by atoms with Crippen LogP contribution in [0.4, 0.5) is 0 Å². The summed E-state index contributed by atoms with van der Waals surface area (Å²) in [5.41, 5.74) is 1.59. The molecule has 4 nitrogen and oxygen atoms in total. The Balaban J connectivity index is 2.12. The molecule has 0 aliphatic rings. The standard InChI is InChI=1S/C13H9BrN2O2/c14-10-1-2-11-12(5-10)15-8-16(13(11)17)6-9-3-4-18-7-9/h1-5,7-8H,6H2. The predicted octanol–water partition coefficient (Wildman–Crippen LogP) is 2.80. The van der Waals surface area contributed by atoms with E-state index in [-0.39, 0.29) is 5.56 Å². The Labute approximate surface area is 111 Å². The Morgan fingerprint density at radius 1 is 1.33 bits per heavy atom. The van der Waals surface area contributed by atoms with Gasteiger partial charge in [0.05, 0.1) is 36.3 Å². The highest BCUT2D eigenvalue weighted by Gasteiger charge is 2.05. The molecule has 0 spiro atoms. The summed E-state index contributed by atoms with van der Waals surface area (Å²) in [4.78, 5) is 16.5. The van der Waals surface area contributed by atoms with Gasteiger partial charge in [0.15, 0.2) is 0 Å². The number of halogens is 1. The van der Waals surface area contributed by atoms with Gasteiger partial charge in [-0.05, 0) is 24.3 Å². The van der Waals surface area contributed by atoms with Crippen LogP contribution in [0.2, 0.25) is 0 Å². The van der Waals surface area contributed by atoms with Crippen LogP contribution in [-0.2, 0) is 6.54 Å². The van der Waals surface area contributed by atoms with E-state index in [0.29, 0.717) is 17.4 Å². The number of fused-ring (bicyclic) bond motifs is 1. The summed E-state index contributed by atoms with van der Waals surface area (Å²) >= 11 is 3.36. The van der Waals surface area contributed by atoms with Crippen LogP contribution >= 0.6 is 15.9 Å². The summed E-state index contributed by atoms with van der Waals surface area (Å²) in [6.45, 7) is 0.467. The number of hydrogen-bond donors (Lipinski definition) is 0. The SMILES string of the molecule is O=c1c2ccc(Br)cc2ncn1Cc1ccoc1. The van der Waals surface area contributed by atoms with Gasteiger partial charge in [-0.3, -0.25) is 9.36 Å². The molecule has 0 saturated carbocycles. The van der Waals surface area contributed by atoms with E-state index in [4.69, 9.17) is 4.42 Å². The van der Waals surface area contributed by atoms with Crippen LogP contribution in [0.3, 0.4) is 0 Å². The largest absolute Gasteiger partial charge is 0.472 e. The van der Waals surface area contributed by atoms with Crippen molar-refractivity contribution in [3.8, 4) is 0 Å². The fourth-order valence-corrected chi connectivity index (χ4v) is 2.17. The minimum absolute atomic E-state index is 0.0475. The van der Waals surface area contributed by atoms with Crippen molar-refractivity contribution in [1.29, 1.82) is 0 Å². The summed E-state index contributed by atoms with van der Waals surface area (Å²) in [6.07, 6.45) is 4.77. The van der Waals surface area contributed by atoms with E-state index in [1.807, 2.05) is 18.2 Å². The first-order valence-corrected chi connectivity index (χ1v) is 6.19. The van der Waals surface area contributed by atoms with E-state index < -0.39 is 0 Å². The van der Waals surface area contributed by atoms with Crippen molar-refractivity contribution in [3.63, 3.8) is 0 Å². The fraction of sp³-hybridized carbons (Fsp3) is 0.0769. The number of aromatic nitrogens is 2. The number of rotatable bonds is 2. The van der Waals surface area contributed by atoms with Crippen molar-refractivity contribution in [1.82, 2.24) is 9.55 Å². The van der Waals surface area contributed by atoms with Gasteiger partial charge in [-0.25, -0.2) is 4.98 Å². The van der Waals surface area contributed by atoms with Gasteiger partial charge in [0.2, 0.25) is 0 Å². The first-order chi connectivity index (χ1) is 8.74.